The fourth-order valence-corrected chi connectivity index (χ4v) is 3.44. The number of aryl methyl sites for hydroxylation is 1. The molecule has 0 unspecified atom stereocenters. The van der Waals surface area contributed by atoms with Crippen molar-refractivity contribution in [3.63, 3.8) is 0 Å². The number of halogens is 6. The molecule has 1 aromatic heterocycles. The lowest BCUT2D eigenvalue weighted by molar-refractivity contribution is -0.168. The number of ether oxygens (including phenoxy) is 1. The van der Waals surface area contributed by atoms with Crippen molar-refractivity contribution in [2.24, 2.45) is 0 Å². The van der Waals surface area contributed by atoms with Gasteiger partial charge >= 0.3 is 12.3 Å². The maximum Gasteiger partial charge on any atom is 0.330 e. The van der Waals surface area contributed by atoms with Crippen LogP contribution in [-0.4, -0.2) is 34.6 Å². The van der Waals surface area contributed by atoms with Crippen molar-refractivity contribution in [2.75, 3.05) is 11.9 Å². The third-order valence-electron chi connectivity index (χ3n) is 4.66. The maximum atomic E-state index is 13.0. The number of rotatable bonds is 9. The number of nitrogens with zero attached hydrogens (tertiary/aromatic N) is 2. The Morgan fingerprint density at radius 1 is 1.15 bits per heavy atom. The van der Waals surface area contributed by atoms with Crippen molar-refractivity contribution in [1.82, 2.24) is 9.78 Å². The molecule has 0 radical (unpaired) electrons. The maximum absolute atomic E-state index is 13.0. The topological polar surface area (TPSA) is 56.1 Å². The number of carbonyl (C=O) groups is 1. The normalized spacial score (nSPS) is 11.8. The molecule has 1 heterocycles. The molecular weight excluding hydrogens is 485 g/mol. The molecule has 176 valence electrons. The van der Waals surface area contributed by atoms with Gasteiger partial charge < -0.3 is 10.1 Å². The average Bonchev–Trinajstić information content (AvgIpc) is 3.09. The van der Waals surface area contributed by atoms with E-state index in [0.717, 1.165) is 5.69 Å². The largest absolute Gasteiger partial charge is 0.370 e. The van der Waals surface area contributed by atoms with Gasteiger partial charge in [0.05, 0.1) is 13.2 Å². The summed E-state index contributed by atoms with van der Waals surface area (Å²) >= 11 is 12.4. The highest BCUT2D eigenvalue weighted by molar-refractivity contribution is 6.35. The van der Waals surface area contributed by atoms with Gasteiger partial charge in [0.1, 0.15) is 6.61 Å². The molecule has 1 amide bonds. The summed E-state index contributed by atoms with van der Waals surface area (Å²) in [5.41, 5.74) is 2.04. The fraction of sp³-hybridized carbons (Fsp3) is 0.273. The predicted octanol–water partition coefficient (Wildman–Crippen LogP) is 6.22. The Balaban J connectivity index is 1.65. The van der Waals surface area contributed by atoms with Crippen LogP contribution in [-0.2, 0) is 17.9 Å². The summed E-state index contributed by atoms with van der Waals surface area (Å²) in [6.45, 7) is 0.333. The summed E-state index contributed by atoms with van der Waals surface area (Å²) in [5, 5.41) is 8.00. The number of anilines is 1. The molecule has 0 spiro atoms. The second-order valence-corrected chi connectivity index (χ2v) is 8.05. The Morgan fingerprint density at radius 2 is 1.82 bits per heavy atom. The van der Waals surface area contributed by atoms with E-state index in [4.69, 9.17) is 27.9 Å². The van der Waals surface area contributed by atoms with Crippen LogP contribution >= 0.6 is 23.2 Å². The molecule has 1 N–H and O–H groups in total. The number of aromatic nitrogens is 2. The van der Waals surface area contributed by atoms with Crippen LogP contribution in [0.5, 0.6) is 0 Å². The van der Waals surface area contributed by atoms with Crippen molar-refractivity contribution in [2.45, 2.75) is 32.4 Å². The summed E-state index contributed by atoms with van der Waals surface area (Å²) in [6.07, 6.45) is -3.81. The number of alkyl halides is 4. The van der Waals surface area contributed by atoms with Crippen LogP contribution in [0.4, 0.5) is 23.4 Å². The third-order valence-corrected chi connectivity index (χ3v) is 5.37. The monoisotopic (exact) mass is 503 g/mol. The minimum absolute atomic E-state index is 0.220. The van der Waals surface area contributed by atoms with E-state index in [9.17, 15) is 22.4 Å². The van der Waals surface area contributed by atoms with Crippen molar-refractivity contribution < 1.29 is 27.1 Å². The number of hydrogen-bond acceptors (Lipinski definition) is 3. The first-order chi connectivity index (χ1) is 15.6. The van der Waals surface area contributed by atoms with Crippen LogP contribution < -0.4 is 5.32 Å². The van der Waals surface area contributed by atoms with Crippen LogP contribution in [0.2, 0.25) is 10.0 Å². The zero-order chi connectivity index (χ0) is 24.2. The molecule has 5 nitrogen and oxygen atoms in total. The van der Waals surface area contributed by atoms with Gasteiger partial charge in [0, 0.05) is 32.9 Å². The lowest BCUT2D eigenvalue weighted by Crippen LogP contribution is -2.32. The van der Waals surface area contributed by atoms with Crippen LogP contribution in [0.3, 0.4) is 0 Å². The molecule has 0 fully saturated rings. The van der Waals surface area contributed by atoms with Crippen molar-refractivity contribution in [3.8, 4) is 0 Å². The van der Waals surface area contributed by atoms with E-state index in [1.54, 1.807) is 35.9 Å². The first kappa shape index (κ1) is 25.0. The van der Waals surface area contributed by atoms with E-state index in [-0.39, 0.29) is 12.2 Å². The molecule has 0 saturated carbocycles. The standard InChI is InChI=1S/C22H19Cl2F4N3O2/c1-13-8-19(30-31(13)10-16-17(23)6-3-7-18(16)24)29-20(32)15-5-2-4-14(9-15)11-33-12-22(27,28)21(25)26/h2-9,21H,10-12H2,1H3,(H,29,30,32). The van der Waals surface area contributed by atoms with E-state index in [1.165, 1.54) is 24.3 Å². The Morgan fingerprint density at radius 3 is 2.48 bits per heavy atom. The number of amides is 1. The molecule has 0 atom stereocenters. The first-order valence-corrected chi connectivity index (χ1v) is 10.4. The molecule has 0 saturated heterocycles. The Hall–Kier alpha value is -2.62. The Bertz CT molecular complexity index is 1120. The Labute approximate surface area is 197 Å². The summed E-state index contributed by atoms with van der Waals surface area (Å²) in [5.74, 6) is -4.44. The van der Waals surface area contributed by atoms with Crippen molar-refractivity contribution in [3.05, 3.63) is 81.0 Å². The highest BCUT2D eigenvalue weighted by atomic mass is 35.5. The van der Waals surface area contributed by atoms with Crippen LogP contribution in [0, 0.1) is 6.92 Å². The second kappa shape index (κ2) is 10.5. The zero-order valence-corrected chi connectivity index (χ0v) is 18.8. The smallest absolute Gasteiger partial charge is 0.330 e. The van der Waals surface area contributed by atoms with E-state index in [0.29, 0.717) is 33.5 Å². The second-order valence-electron chi connectivity index (χ2n) is 7.24. The predicted molar refractivity (Wildman–Crippen MR) is 118 cm³/mol. The summed E-state index contributed by atoms with van der Waals surface area (Å²) in [6, 6.07) is 12.8. The van der Waals surface area contributed by atoms with E-state index < -0.39 is 24.9 Å². The summed E-state index contributed by atoms with van der Waals surface area (Å²) in [4.78, 5) is 12.6. The number of nitrogens with one attached hydrogen (secondary N) is 1. The molecule has 3 rings (SSSR count). The number of benzene rings is 2. The molecule has 33 heavy (non-hydrogen) atoms. The SMILES string of the molecule is Cc1cc(NC(=O)c2cccc(COCC(F)(F)C(F)F)c2)nn1Cc1c(Cl)cccc1Cl. The molecule has 0 aliphatic carbocycles. The van der Waals surface area contributed by atoms with Crippen LogP contribution in [0.1, 0.15) is 27.2 Å². The quantitative estimate of drug-likeness (QED) is 0.353. The van der Waals surface area contributed by atoms with Crippen molar-refractivity contribution >= 4 is 34.9 Å². The van der Waals surface area contributed by atoms with Gasteiger partial charge in [0.2, 0.25) is 0 Å². The average molecular weight is 504 g/mol. The van der Waals surface area contributed by atoms with E-state index >= 15 is 0 Å². The molecule has 0 aliphatic heterocycles. The molecular formula is C22H19Cl2F4N3O2. The van der Waals surface area contributed by atoms with Gasteiger partial charge in [-0.3, -0.25) is 9.48 Å². The zero-order valence-electron chi connectivity index (χ0n) is 17.3. The Kier molecular flexibility index (Phi) is 7.99. The van der Waals surface area contributed by atoms with Crippen molar-refractivity contribution in [1.29, 1.82) is 0 Å². The van der Waals surface area contributed by atoms with Gasteiger partial charge in [-0.25, -0.2) is 8.78 Å². The first-order valence-electron chi connectivity index (χ1n) is 9.68. The molecule has 3 aromatic rings. The lowest BCUT2D eigenvalue weighted by Gasteiger charge is -2.15. The minimum Gasteiger partial charge on any atom is -0.370 e. The van der Waals surface area contributed by atoms with E-state index in [1.807, 2.05) is 0 Å². The van der Waals surface area contributed by atoms with Gasteiger partial charge in [0.15, 0.2) is 5.82 Å². The molecule has 11 heteroatoms. The fourth-order valence-electron chi connectivity index (χ4n) is 2.92. The van der Waals surface area contributed by atoms with Gasteiger partial charge in [-0.15, -0.1) is 0 Å². The molecule has 2 aromatic carbocycles. The minimum atomic E-state index is -4.24. The summed E-state index contributed by atoms with van der Waals surface area (Å²) in [7, 11) is 0. The van der Waals surface area contributed by atoms with Gasteiger partial charge in [-0.05, 0) is 36.8 Å². The van der Waals surface area contributed by atoms with Gasteiger partial charge in [0.25, 0.3) is 5.91 Å². The third kappa shape index (κ3) is 6.46. The molecule has 0 bridgehead atoms. The number of carbonyl (C=O) groups excluding carboxylic acids is 1. The molecule has 0 aliphatic rings. The van der Waals surface area contributed by atoms with Gasteiger partial charge in [-0.2, -0.15) is 13.9 Å². The highest BCUT2D eigenvalue weighted by Crippen LogP contribution is 2.26. The lowest BCUT2D eigenvalue weighted by atomic mass is 10.1. The highest BCUT2D eigenvalue weighted by Gasteiger charge is 2.40. The van der Waals surface area contributed by atoms with E-state index in [2.05, 4.69) is 10.4 Å². The van der Waals surface area contributed by atoms with Crippen LogP contribution in [0.15, 0.2) is 48.5 Å². The van der Waals surface area contributed by atoms with Crippen LogP contribution in [0.25, 0.3) is 0 Å². The summed E-state index contributed by atoms with van der Waals surface area (Å²) < 4.78 is 56.6. The number of hydrogen-bond donors (Lipinski definition) is 1. The van der Waals surface area contributed by atoms with Gasteiger partial charge in [-0.1, -0.05) is 41.4 Å².